The van der Waals surface area contributed by atoms with Crippen molar-refractivity contribution in [3.8, 4) is 11.4 Å². The van der Waals surface area contributed by atoms with Gasteiger partial charge in [0, 0.05) is 54.1 Å². The Balaban J connectivity index is 0.841. The predicted octanol–water partition coefficient (Wildman–Crippen LogP) is -1.61. The molecule has 438 valence electrons. The van der Waals surface area contributed by atoms with E-state index in [-0.39, 0.29) is 42.6 Å². The van der Waals surface area contributed by atoms with Gasteiger partial charge in [-0.1, -0.05) is 37.3 Å². The van der Waals surface area contributed by atoms with Gasteiger partial charge in [-0.3, -0.25) is 57.6 Å². The van der Waals surface area contributed by atoms with Crippen LogP contribution in [0.3, 0.4) is 0 Å². The van der Waals surface area contributed by atoms with Crippen LogP contribution in [-0.2, 0) is 93.8 Å². The van der Waals surface area contributed by atoms with Crippen molar-refractivity contribution in [3.63, 3.8) is 0 Å². The second-order valence-corrected chi connectivity index (χ2v) is 20.1. The van der Waals surface area contributed by atoms with Gasteiger partial charge in [0.15, 0.2) is 5.60 Å². The highest BCUT2D eigenvalue weighted by Gasteiger charge is 2.46. The predicted molar refractivity (Wildman–Crippen MR) is 284 cm³/mol. The summed E-state index contributed by atoms with van der Waals surface area (Å²) in [5.41, 5.74) is 1.46. The van der Waals surface area contributed by atoms with Crippen molar-refractivity contribution in [1.29, 1.82) is 0 Å². The number of aliphatic carboxylic acids is 2. The van der Waals surface area contributed by atoms with Gasteiger partial charge >= 0.3 is 17.9 Å². The number of carboxylic acid groups (broad SMARTS) is 2. The monoisotopic (exact) mass is 1150 g/mol. The summed E-state index contributed by atoms with van der Waals surface area (Å²) in [5.74, 6) is -11.0. The van der Waals surface area contributed by atoms with Gasteiger partial charge in [-0.05, 0) is 67.9 Å². The number of esters is 1. The second kappa shape index (κ2) is 25.2. The lowest BCUT2D eigenvalue weighted by atomic mass is 9.81. The fraction of sp³-hybridized carbons (Fsp3) is 0.400. The molecule has 10 N–H and O–H groups in total. The summed E-state index contributed by atoms with van der Waals surface area (Å²) in [6.07, 6.45) is 0.189. The summed E-state index contributed by atoms with van der Waals surface area (Å²) in [5, 5.41) is 47.9. The quantitative estimate of drug-likeness (QED) is 0.0178. The zero-order chi connectivity index (χ0) is 60.0. The first kappa shape index (κ1) is 59.8. The molecule has 8 rings (SSSR count). The number of aromatic nitrogens is 2. The van der Waals surface area contributed by atoms with Crippen molar-refractivity contribution in [2.45, 2.75) is 108 Å². The van der Waals surface area contributed by atoms with Gasteiger partial charge in [-0.15, -0.1) is 0 Å². The van der Waals surface area contributed by atoms with Crippen LogP contribution in [0.4, 0.5) is 4.39 Å². The van der Waals surface area contributed by atoms with Crippen LogP contribution < -0.4 is 42.8 Å². The minimum atomic E-state index is -2.08. The van der Waals surface area contributed by atoms with Gasteiger partial charge < -0.3 is 66.6 Å². The summed E-state index contributed by atoms with van der Waals surface area (Å²) in [4.78, 5) is 159. The molecular formula is C55H59FN10O17. The van der Waals surface area contributed by atoms with E-state index in [0.29, 0.717) is 62.3 Å². The number of aryl methyl sites for hydroxylation is 1. The number of carbonyl (C=O) groups excluding carboxylic acids is 9. The Hall–Kier alpha value is -9.28. The highest BCUT2D eigenvalue weighted by Crippen LogP contribution is 2.46. The lowest BCUT2D eigenvalue weighted by Crippen LogP contribution is -2.57. The molecule has 0 spiro atoms. The molecule has 3 aliphatic heterocycles. The lowest BCUT2D eigenvalue weighted by molar-refractivity contribution is -0.172. The summed E-state index contributed by atoms with van der Waals surface area (Å²) >= 11 is 0. The summed E-state index contributed by atoms with van der Waals surface area (Å²) in [6, 6.07) is 6.16. The van der Waals surface area contributed by atoms with Crippen molar-refractivity contribution in [2.75, 3.05) is 32.9 Å². The highest BCUT2D eigenvalue weighted by molar-refractivity contribution is 6.15. The third-order valence-electron chi connectivity index (χ3n) is 14.9. The minimum absolute atomic E-state index is 0.0181. The van der Waals surface area contributed by atoms with Crippen LogP contribution in [0.5, 0.6) is 0 Å². The molecule has 2 aromatic carbocycles. The molecule has 4 aromatic rings. The van der Waals surface area contributed by atoms with E-state index in [1.807, 2.05) is 0 Å². The van der Waals surface area contributed by atoms with E-state index in [0.717, 1.165) is 12.2 Å². The zero-order valence-corrected chi connectivity index (χ0v) is 45.1. The van der Waals surface area contributed by atoms with Crippen LogP contribution in [0.25, 0.3) is 22.3 Å². The second-order valence-electron chi connectivity index (χ2n) is 20.1. The van der Waals surface area contributed by atoms with Gasteiger partial charge in [-0.2, -0.15) is 0 Å². The number of carboxylic acids is 2. The molecule has 1 unspecified atom stereocenters. The normalized spacial score (nSPS) is 17.9. The maximum absolute atomic E-state index is 15.4. The van der Waals surface area contributed by atoms with E-state index in [4.69, 9.17) is 19.6 Å². The standard InChI is InChI=1S/C55H59FN10O17/c1-4-55(81)32-17-38-48-30(23-65(38)52(77)31(32)24-82-54(55)80)47-34(11-10-29-26(2)33(56)18-36(63-48)46(29)47)64-49(74)27(3)83-25-61-41(68)21-59-50(75)37(16-28-8-6-5-7-9-28)62-42(69)22-58-40(67)20-60-51(76)39(66-43(70)13-14-44(66)71)19-57-35(53(78)79)12-15-45(72)73/h5-9,13-14,17-18,27,34-35,37,39,57,81H,4,10-12,15-16,19-25H2,1-3H3,(H,58,67)(H,59,75)(H,60,76)(H,61,68)(H,62,69)(H,64,74)(H,72,73)(H,78,79)/t27-,34-,35+,37-,39?,55-/m0/s1. The number of amides is 8. The van der Waals surface area contributed by atoms with E-state index < -0.39 is 158 Å². The highest BCUT2D eigenvalue weighted by atomic mass is 19.1. The number of cyclic esters (lactones) is 1. The number of carbonyl (C=O) groups is 11. The maximum Gasteiger partial charge on any atom is 0.343 e. The molecule has 2 aromatic heterocycles. The van der Waals surface area contributed by atoms with Crippen molar-refractivity contribution in [2.24, 2.45) is 0 Å². The molecule has 5 heterocycles. The first-order chi connectivity index (χ1) is 39.5. The SMILES string of the molecule is CC[C@@]1(O)C(=O)OCc2c1cc1n(c2=O)Cc2c-1nc1cc(F)c(C)c3c1c2[C@@H](NC(=O)[C@H](C)OCNC(=O)CNC(=O)[C@H](Cc1ccccc1)NC(=O)CNC(=O)CNC(=O)C(CN[C@H](CCC(=O)O)C(=O)O)N1C(=O)C=CC1=O)CC3. The molecule has 27 nitrogen and oxygen atoms in total. The molecule has 83 heavy (non-hydrogen) atoms. The third kappa shape index (κ3) is 12.9. The van der Waals surface area contributed by atoms with Crippen molar-refractivity contribution < 1.29 is 81.9 Å². The van der Waals surface area contributed by atoms with E-state index >= 15 is 4.39 Å². The Bertz CT molecular complexity index is 3440. The van der Waals surface area contributed by atoms with Gasteiger partial charge in [-0.25, -0.2) is 14.2 Å². The topological polar surface area (TPSA) is 389 Å². The number of fused-ring (bicyclic) bond motifs is 5. The number of nitrogens with one attached hydrogen (secondary N) is 7. The van der Waals surface area contributed by atoms with Gasteiger partial charge in [0.1, 0.15) is 43.4 Å². The first-order valence-electron chi connectivity index (χ1n) is 26.4. The lowest BCUT2D eigenvalue weighted by Gasteiger charge is -2.31. The minimum Gasteiger partial charge on any atom is -0.481 e. The third-order valence-corrected chi connectivity index (χ3v) is 14.9. The number of imide groups is 1. The molecule has 4 aliphatic rings. The number of rotatable bonds is 25. The number of nitrogens with zero attached hydrogens (tertiary/aromatic N) is 3. The Labute approximate surface area is 470 Å². The molecule has 0 fully saturated rings. The number of halogens is 1. The van der Waals surface area contributed by atoms with E-state index in [9.17, 15) is 67.7 Å². The van der Waals surface area contributed by atoms with Crippen LogP contribution in [0.2, 0.25) is 0 Å². The number of aliphatic hydroxyl groups is 1. The molecule has 28 heteroatoms. The molecule has 0 radical (unpaired) electrons. The summed E-state index contributed by atoms with van der Waals surface area (Å²) in [7, 11) is 0. The van der Waals surface area contributed by atoms with Crippen molar-refractivity contribution in [3.05, 3.63) is 110 Å². The molecule has 1 aliphatic carbocycles. The molecule has 6 atom stereocenters. The van der Waals surface area contributed by atoms with E-state index in [2.05, 4.69) is 37.2 Å². The van der Waals surface area contributed by atoms with Crippen LogP contribution in [-0.4, -0.2) is 152 Å². The number of hydrogen-bond donors (Lipinski definition) is 10. The van der Waals surface area contributed by atoms with E-state index in [1.54, 1.807) is 50.2 Å². The first-order valence-corrected chi connectivity index (χ1v) is 26.4. The fourth-order valence-corrected chi connectivity index (χ4v) is 10.3. The molecular weight excluding hydrogens is 1090 g/mol. The van der Waals surface area contributed by atoms with Crippen molar-refractivity contribution in [1.82, 2.24) is 51.7 Å². The molecule has 0 bridgehead atoms. The average Bonchev–Trinajstić information content (AvgIpc) is 3.80. The van der Waals surface area contributed by atoms with Crippen LogP contribution >= 0.6 is 0 Å². The smallest absolute Gasteiger partial charge is 0.343 e. The van der Waals surface area contributed by atoms with Gasteiger partial charge in [0.05, 0.1) is 54.7 Å². The fourth-order valence-electron chi connectivity index (χ4n) is 10.3. The maximum atomic E-state index is 15.4. The van der Waals surface area contributed by atoms with Crippen molar-refractivity contribution >= 4 is 76.1 Å². The Kier molecular flexibility index (Phi) is 18.2. The van der Waals surface area contributed by atoms with E-state index in [1.165, 1.54) is 17.6 Å². The Morgan fingerprint density at radius 3 is 2.20 bits per heavy atom. The van der Waals surface area contributed by atoms with Crippen LogP contribution in [0.1, 0.15) is 84.5 Å². The average molecular weight is 1150 g/mol. The number of hydrogen-bond acceptors (Lipinski definition) is 17. The molecule has 0 saturated carbocycles. The molecule has 8 amide bonds. The van der Waals surface area contributed by atoms with Gasteiger partial charge in [0.2, 0.25) is 35.4 Å². The largest absolute Gasteiger partial charge is 0.481 e. The number of pyridine rings is 2. The molecule has 0 saturated heterocycles. The summed E-state index contributed by atoms with van der Waals surface area (Å²) in [6.45, 7) is 1.12. The zero-order valence-electron chi connectivity index (χ0n) is 45.1. The van der Waals surface area contributed by atoms with Crippen LogP contribution in [0, 0.1) is 12.7 Å². The van der Waals surface area contributed by atoms with Gasteiger partial charge in [0.25, 0.3) is 17.4 Å². The number of ether oxygens (including phenoxy) is 2. The van der Waals surface area contributed by atoms with Crippen LogP contribution in [0.15, 0.2) is 59.4 Å². The summed E-state index contributed by atoms with van der Waals surface area (Å²) < 4.78 is 27.8. The Morgan fingerprint density at radius 1 is 0.855 bits per heavy atom. The number of benzene rings is 2. The Morgan fingerprint density at radius 2 is 1.53 bits per heavy atom.